The Morgan fingerprint density at radius 1 is 1.26 bits per heavy atom. The van der Waals surface area contributed by atoms with Crippen LogP contribution >= 0.6 is 0 Å². The van der Waals surface area contributed by atoms with Crippen molar-refractivity contribution in [3.63, 3.8) is 0 Å². The smallest absolute Gasteiger partial charge is 0.415 e. The van der Waals surface area contributed by atoms with Gasteiger partial charge in [-0.25, -0.2) is 4.39 Å². The molecule has 2 aromatic carbocycles. The number of hydrogen-bond donors (Lipinski definition) is 0. The zero-order chi connectivity index (χ0) is 16.6. The summed E-state index contributed by atoms with van der Waals surface area (Å²) in [5.41, 5.74) is 1.06. The van der Waals surface area contributed by atoms with Gasteiger partial charge in [0.25, 0.3) is 0 Å². The van der Waals surface area contributed by atoms with Crippen molar-refractivity contribution < 1.29 is 22.7 Å². The van der Waals surface area contributed by atoms with Crippen LogP contribution in [0.25, 0.3) is 0 Å². The van der Waals surface area contributed by atoms with Crippen LogP contribution in [0.15, 0.2) is 42.5 Å². The van der Waals surface area contributed by atoms with Crippen LogP contribution in [0.5, 0.6) is 5.75 Å². The second-order valence-corrected chi connectivity index (χ2v) is 5.44. The quantitative estimate of drug-likeness (QED) is 0.800. The molecule has 3 nitrogen and oxygen atoms in total. The van der Waals surface area contributed by atoms with Gasteiger partial charge in [0.1, 0.15) is 12.4 Å². The number of carbonyl (C=O) groups is 1. The van der Waals surface area contributed by atoms with Crippen LogP contribution < -0.4 is 9.64 Å². The zero-order valence-corrected chi connectivity index (χ0v) is 12.4. The molecule has 0 spiro atoms. The Bertz CT molecular complexity index is 761. The molecule has 1 heterocycles. The second kappa shape index (κ2) is 5.61. The first kappa shape index (κ1) is 15.4. The first-order valence-corrected chi connectivity index (χ1v) is 7.06. The van der Waals surface area contributed by atoms with Crippen molar-refractivity contribution in [3.05, 3.63) is 59.4 Å². The van der Waals surface area contributed by atoms with Gasteiger partial charge in [-0.05, 0) is 36.8 Å². The molecular formula is C17H14F3NO2. The third kappa shape index (κ3) is 3.16. The number of halogens is 3. The molecule has 0 radical (unpaired) electrons. The molecule has 1 aliphatic rings. The number of Topliss-reactive ketones (excluding diaryl/α,β-unsaturated/α-hetero) is 1. The van der Waals surface area contributed by atoms with E-state index < -0.39 is 18.5 Å². The van der Waals surface area contributed by atoms with Crippen LogP contribution in [-0.4, -0.2) is 18.4 Å². The van der Waals surface area contributed by atoms with Crippen LogP contribution in [0.4, 0.5) is 18.9 Å². The highest BCUT2D eigenvalue weighted by molar-refractivity contribution is 5.99. The molecule has 0 N–H and O–H groups in total. The van der Waals surface area contributed by atoms with Gasteiger partial charge in [-0.15, -0.1) is 0 Å². The SMILES string of the molecule is CC(=O)c1cccc2c1OC(F)(F)CN2Cc1cccc(F)c1. The molecular weight excluding hydrogens is 307 g/mol. The van der Waals surface area contributed by atoms with Crippen molar-refractivity contribution in [3.8, 4) is 5.75 Å². The lowest BCUT2D eigenvalue weighted by Gasteiger charge is -2.36. The maximum absolute atomic E-state index is 13.9. The standard InChI is InChI=1S/C17H14F3NO2/c1-11(22)14-6-3-7-15-16(14)23-17(19,20)10-21(15)9-12-4-2-5-13(18)8-12/h2-8H,9-10H2,1H3. The number of fused-ring (bicyclic) bond motifs is 1. The Labute approximate surface area is 131 Å². The predicted molar refractivity (Wildman–Crippen MR) is 79.5 cm³/mol. The Morgan fingerprint density at radius 3 is 2.70 bits per heavy atom. The minimum atomic E-state index is -3.42. The van der Waals surface area contributed by atoms with Gasteiger partial charge in [0.2, 0.25) is 0 Å². The summed E-state index contributed by atoms with van der Waals surface area (Å²) in [4.78, 5) is 13.0. The predicted octanol–water partition coefficient (Wildman–Crippen LogP) is 4.02. The van der Waals surface area contributed by atoms with E-state index in [9.17, 15) is 18.0 Å². The molecule has 120 valence electrons. The van der Waals surface area contributed by atoms with Crippen LogP contribution in [0.3, 0.4) is 0 Å². The van der Waals surface area contributed by atoms with E-state index in [0.717, 1.165) is 0 Å². The maximum atomic E-state index is 13.9. The van der Waals surface area contributed by atoms with Gasteiger partial charge in [-0.3, -0.25) is 4.79 Å². The largest absolute Gasteiger partial charge is 0.428 e. The lowest BCUT2D eigenvalue weighted by molar-refractivity contribution is -0.172. The Kier molecular flexibility index (Phi) is 3.75. The molecule has 0 aromatic heterocycles. The molecule has 0 bridgehead atoms. The van der Waals surface area contributed by atoms with E-state index in [1.807, 2.05) is 0 Å². The molecule has 1 aliphatic heterocycles. The number of benzene rings is 2. The third-order valence-corrected chi connectivity index (χ3v) is 3.60. The number of anilines is 1. The van der Waals surface area contributed by atoms with Crippen LogP contribution in [0, 0.1) is 5.82 Å². The summed E-state index contributed by atoms with van der Waals surface area (Å²) in [7, 11) is 0. The van der Waals surface area contributed by atoms with Crippen molar-refractivity contribution in [2.24, 2.45) is 0 Å². The van der Waals surface area contributed by atoms with Crippen molar-refractivity contribution in [2.75, 3.05) is 11.4 Å². The molecule has 2 aromatic rings. The first-order valence-electron chi connectivity index (χ1n) is 7.06. The Morgan fingerprint density at radius 2 is 2.00 bits per heavy atom. The third-order valence-electron chi connectivity index (χ3n) is 3.60. The number of nitrogens with zero attached hydrogens (tertiary/aromatic N) is 1. The summed E-state index contributed by atoms with van der Waals surface area (Å²) >= 11 is 0. The lowest BCUT2D eigenvalue weighted by Crippen LogP contribution is -2.45. The molecule has 0 atom stereocenters. The molecule has 3 rings (SSSR count). The summed E-state index contributed by atoms with van der Waals surface area (Å²) in [5, 5.41) is 0. The van der Waals surface area contributed by atoms with Gasteiger partial charge in [0.15, 0.2) is 11.5 Å². The zero-order valence-electron chi connectivity index (χ0n) is 12.4. The van der Waals surface area contributed by atoms with Crippen molar-refractivity contribution in [2.45, 2.75) is 19.6 Å². The Balaban J connectivity index is 2.02. The van der Waals surface area contributed by atoms with E-state index in [-0.39, 0.29) is 23.6 Å². The number of rotatable bonds is 3. The number of hydrogen-bond acceptors (Lipinski definition) is 3. The second-order valence-electron chi connectivity index (χ2n) is 5.44. The Hall–Kier alpha value is -2.50. The fourth-order valence-corrected chi connectivity index (χ4v) is 2.64. The summed E-state index contributed by atoms with van der Waals surface area (Å²) in [6, 6.07) is 10.4. The van der Waals surface area contributed by atoms with Crippen molar-refractivity contribution >= 4 is 11.5 Å². The number of para-hydroxylation sites is 1. The highest BCUT2D eigenvalue weighted by Crippen LogP contribution is 2.41. The van der Waals surface area contributed by atoms with Gasteiger partial charge in [-0.1, -0.05) is 18.2 Å². The molecule has 0 saturated carbocycles. The molecule has 6 heteroatoms. The first-order chi connectivity index (χ1) is 10.9. The van der Waals surface area contributed by atoms with Gasteiger partial charge in [0, 0.05) is 6.54 Å². The molecule has 0 unspecified atom stereocenters. The number of carbonyl (C=O) groups excluding carboxylic acids is 1. The highest BCUT2D eigenvalue weighted by Gasteiger charge is 2.41. The molecule has 0 amide bonds. The summed E-state index contributed by atoms with van der Waals surface area (Å²) in [6.07, 6.45) is -3.42. The number of alkyl halides is 2. The number of ether oxygens (including phenoxy) is 1. The summed E-state index contributed by atoms with van der Waals surface area (Å²) in [6.45, 7) is 0.714. The molecule has 0 aliphatic carbocycles. The molecule has 23 heavy (non-hydrogen) atoms. The maximum Gasteiger partial charge on any atom is 0.415 e. The van der Waals surface area contributed by atoms with Crippen LogP contribution in [0.1, 0.15) is 22.8 Å². The van der Waals surface area contributed by atoms with Gasteiger partial charge < -0.3 is 9.64 Å². The average molecular weight is 321 g/mol. The summed E-state index contributed by atoms with van der Waals surface area (Å²) in [5.74, 6) is -0.918. The van der Waals surface area contributed by atoms with Crippen molar-refractivity contribution in [1.82, 2.24) is 0 Å². The van der Waals surface area contributed by atoms with Crippen molar-refractivity contribution in [1.29, 1.82) is 0 Å². The van der Waals surface area contributed by atoms with Gasteiger partial charge in [0.05, 0.1) is 11.3 Å². The topological polar surface area (TPSA) is 29.5 Å². The van der Waals surface area contributed by atoms with Gasteiger partial charge in [-0.2, -0.15) is 8.78 Å². The highest BCUT2D eigenvalue weighted by atomic mass is 19.3. The fraction of sp³-hybridized carbons (Fsp3) is 0.235. The van der Waals surface area contributed by atoms with E-state index in [2.05, 4.69) is 0 Å². The normalized spacial score (nSPS) is 15.7. The van der Waals surface area contributed by atoms with E-state index >= 15 is 0 Å². The number of ketones is 1. The van der Waals surface area contributed by atoms with E-state index in [4.69, 9.17) is 4.74 Å². The fourth-order valence-electron chi connectivity index (χ4n) is 2.64. The molecule has 0 saturated heterocycles. The van der Waals surface area contributed by atoms with Crippen LogP contribution in [0.2, 0.25) is 0 Å². The van der Waals surface area contributed by atoms with Crippen LogP contribution in [-0.2, 0) is 6.54 Å². The molecule has 0 fully saturated rings. The summed E-state index contributed by atoms with van der Waals surface area (Å²) < 4.78 is 45.9. The van der Waals surface area contributed by atoms with E-state index in [1.54, 1.807) is 18.2 Å². The van der Waals surface area contributed by atoms with E-state index in [1.165, 1.54) is 36.1 Å². The monoisotopic (exact) mass is 321 g/mol. The minimum absolute atomic E-state index is 0.0884. The van der Waals surface area contributed by atoms with E-state index in [0.29, 0.717) is 11.3 Å². The average Bonchev–Trinajstić information content (AvgIpc) is 2.45. The lowest BCUT2D eigenvalue weighted by atomic mass is 10.1. The van der Waals surface area contributed by atoms with Gasteiger partial charge >= 0.3 is 6.11 Å². The minimum Gasteiger partial charge on any atom is -0.428 e.